The molecule has 23 heavy (non-hydrogen) atoms. The van der Waals surface area contributed by atoms with Crippen LogP contribution in [0.5, 0.6) is 11.5 Å². The first-order valence-electron chi connectivity index (χ1n) is 7.85. The van der Waals surface area contributed by atoms with E-state index in [0.717, 1.165) is 23.4 Å². The van der Waals surface area contributed by atoms with Crippen LogP contribution in [-0.4, -0.2) is 18.6 Å². The van der Waals surface area contributed by atoms with Crippen LogP contribution >= 0.6 is 0 Å². The summed E-state index contributed by atoms with van der Waals surface area (Å²) in [6, 6.07) is 15.0. The van der Waals surface area contributed by atoms with Gasteiger partial charge in [-0.05, 0) is 56.7 Å². The van der Waals surface area contributed by atoms with Gasteiger partial charge < -0.3 is 14.8 Å². The predicted molar refractivity (Wildman–Crippen MR) is 92.1 cm³/mol. The number of nitrogens with one attached hydrogen (secondary N) is 1. The number of rotatable bonds is 7. The number of hydrogen-bond acceptors (Lipinski definition) is 3. The lowest BCUT2D eigenvalue weighted by Gasteiger charge is -2.15. The highest BCUT2D eigenvalue weighted by Gasteiger charge is 2.14. The van der Waals surface area contributed by atoms with Gasteiger partial charge in [-0.3, -0.25) is 4.79 Å². The van der Waals surface area contributed by atoms with Crippen molar-refractivity contribution in [3.05, 3.63) is 54.1 Å². The predicted octanol–water partition coefficient (Wildman–Crippen LogP) is 4.19. The Bertz CT molecular complexity index is 620. The third-order valence-corrected chi connectivity index (χ3v) is 3.30. The van der Waals surface area contributed by atoms with Crippen molar-refractivity contribution in [2.45, 2.75) is 33.3 Å². The van der Waals surface area contributed by atoms with Crippen LogP contribution in [-0.2, 0) is 4.79 Å². The highest BCUT2D eigenvalue weighted by molar-refractivity contribution is 5.94. The summed E-state index contributed by atoms with van der Waals surface area (Å²) in [6.07, 6.45) is 0.389. The number of ether oxygens (including phenoxy) is 2. The Labute approximate surface area is 137 Å². The Morgan fingerprint density at radius 3 is 2.26 bits per heavy atom. The lowest BCUT2D eigenvalue weighted by molar-refractivity contribution is -0.122. The van der Waals surface area contributed by atoms with E-state index < -0.39 is 6.10 Å². The fourth-order valence-corrected chi connectivity index (χ4v) is 1.97. The molecule has 0 radical (unpaired) electrons. The number of hydrogen-bond donors (Lipinski definition) is 1. The fraction of sp³-hybridized carbons (Fsp3) is 0.316. The first-order valence-corrected chi connectivity index (χ1v) is 7.85. The summed E-state index contributed by atoms with van der Waals surface area (Å²) in [5.74, 6) is 1.29. The van der Waals surface area contributed by atoms with Crippen molar-refractivity contribution in [1.82, 2.24) is 0 Å². The van der Waals surface area contributed by atoms with Gasteiger partial charge in [0.2, 0.25) is 0 Å². The summed E-state index contributed by atoms with van der Waals surface area (Å²) < 4.78 is 11.2. The van der Waals surface area contributed by atoms with Crippen molar-refractivity contribution in [3.8, 4) is 11.5 Å². The second-order valence-electron chi connectivity index (χ2n) is 5.44. The van der Waals surface area contributed by atoms with E-state index in [9.17, 15) is 4.79 Å². The summed E-state index contributed by atoms with van der Waals surface area (Å²) in [4.78, 5) is 12.2. The number of carbonyl (C=O) groups excluding carboxylic acids is 1. The average Bonchev–Trinajstić information content (AvgIpc) is 2.56. The largest absolute Gasteiger partial charge is 0.494 e. The lowest BCUT2D eigenvalue weighted by atomic mass is 10.2. The Hall–Kier alpha value is -2.49. The van der Waals surface area contributed by atoms with Crippen LogP contribution in [0.1, 0.15) is 25.8 Å². The fourth-order valence-electron chi connectivity index (χ4n) is 1.97. The van der Waals surface area contributed by atoms with Crippen LogP contribution in [0.2, 0.25) is 0 Å². The van der Waals surface area contributed by atoms with Gasteiger partial charge >= 0.3 is 0 Å². The van der Waals surface area contributed by atoms with Crippen LogP contribution in [0.3, 0.4) is 0 Å². The molecular weight excluding hydrogens is 290 g/mol. The molecule has 1 N–H and O–H groups in total. The maximum Gasteiger partial charge on any atom is 0.265 e. The minimum atomic E-state index is -0.575. The third kappa shape index (κ3) is 5.33. The molecule has 0 spiro atoms. The molecule has 0 aliphatic heterocycles. The highest BCUT2D eigenvalue weighted by atomic mass is 16.5. The summed E-state index contributed by atoms with van der Waals surface area (Å²) in [5, 5.41) is 2.84. The monoisotopic (exact) mass is 313 g/mol. The van der Waals surface area contributed by atoms with Crippen molar-refractivity contribution < 1.29 is 14.3 Å². The Balaban J connectivity index is 1.88. The van der Waals surface area contributed by atoms with Gasteiger partial charge in [0, 0.05) is 5.69 Å². The molecule has 0 saturated heterocycles. The quantitative estimate of drug-likeness (QED) is 0.833. The summed E-state index contributed by atoms with van der Waals surface area (Å²) in [6.45, 7) is 6.49. The molecule has 0 unspecified atom stereocenters. The molecule has 2 rings (SSSR count). The van der Waals surface area contributed by atoms with Crippen LogP contribution in [0.15, 0.2) is 48.5 Å². The van der Waals surface area contributed by atoms with Crippen LogP contribution in [0.4, 0.5) is 5.69 Å². The number of carbonyl (C=O) groups is 1. The van der Waals surface area contributed by atoms with Gasteiger partial charge in [0.05, 0.1) is 6.61 Å². The average molecular weight is 313 g/mol. The van der Waals surface area contributed by atoms with Crippen molar-refractivity contribution in [1.29, 1.82) is 0 Å². The number of amides is 1. The van der Waals surface area contributed by atoms with Gasteiger partial charge in [0.1, 0.15) is 11.5 Å². The van der Waals surface area contributed by atoms with E-state index in [1.54, 1.807) is 6.92 Å². The molecule has 0 aliphatic rings. The molecule has 4 heteroatoms. The Morgan fingerprint density at radius 2 is 1.65 bits per heavy atom. The first kappa shape index (κ1) is 16.9. The number of benzene rings is 2. The molecule has 1 amide bonds. The minimum absolute atomic E-state index is 0.187. The van der Waals surface area contributed by atoms with Crippen molar-refractivity contribution in [3.63, 3.8) is 0 Å². The Kier molecular flexibility index (Phi) is 6.03. The van der Waals surface area contributed by atoms with E-state index in [2.05, 4.69) is 12.2 Å². The highest BCUT2D eigenvalue weighted by Crippen LogP contribution is 2.17. The third-order valence-electron chi connectivity index (χ3n) is 3.30. The SMILES string of the molecule is CCCOc1ccc(NC(=O)[C@H](C)Oc2ccc(C)cc2)cc1. The second kappa shape index (κ2) is 8.22. The van der Waals surface area contributed by atoms with E-state index >= 15 is 0 Å². The number of aryl methyl sites for hydroxylation is 1. The smallest absolute Gasteiger partial charge is 0.265 e. The molecule has 0 saturated carbocycles. The van der Waals surface area contributed by atoms with E-state index in [1.807, 2.05) is 55.5 Å². The standard InChI is InChI=1S/C19H23NO3/c1-4-13-22-17-11-7-16(8-12-17)20-19(21)15(3)23-18-9-5-14(2)6-10-18/h5-12,15H,4,13H2,1-3H3,(H,20,21)/t15-/m0/s1. The minimum Gasteiger partial charge on any atom is -0.494 e. The zero-order valence-corrected chi connectivity index (χ0v) is 13.8. The van der Waals surface area contributed by atoms with Gasteiger partial charge in [0.25, 0.3) is 5.91 Å². The molecule has 1 atom stereocenters. The van der Waals surface area contributed by atoms with E-state index in [-0.39, 0.29) is 5.91 Å². The second-order valence-corrected chi connectivity index (χ2v) is 5.44. The van der Waals surface area contributed by atoms with Crippen molar-refractivity contribution >= 4 is 11.6 Å². The van der Waals surface area contributed by atoms with Gasteiger partial charge in [-0.1, -0.05) is 24.6 Å². The molecule has 0 heterocycles. The van der Waals surface area contributed by atoms with E-state index in [1.165, 1.54) is 0 Å². The van der Waals surface area contributed by atoms with Crippen LogP contribution in [0, 0.1) is 6.92 Å². The molecular formula is C19H23NO3. The normalized spacial score (nSPS) is 11.6. The van der Waals surface area contributed by atoms with Crippen LogP contribution in [0.25, 0.3) is 0 Å². The topological polar surface area (TPSA) is 47.6 Å². The number of anilines is 1. The van der Waals surface area contributed by atoms with E-state index in [0.29, 0.717) is 12.4 Å². The molecule has 0 bridgehead atoms. The molecule has 0 aliphatic carbocycles. The summed E-state index contributed by atoms with van der Waals surface area (Å²) in [7, 11) is 0. The molecule has 0 aromatic heterocycles. The lowest BCUT2D eigenvalue weighted by Crippen LogP contribution is -2.30. The molecule has 2 aromatic carbocycles. The first-order chi connectivity index (χ1) is 11.1. The van der Waals surface area contributed by atoms with Gasteiger partial charge in [0.15, 0.2) is 6.10 Å². The summed E-state index contributed by atoms with van der Waals surface area (Å²) >= 11 is 0. The Morgan fingerprint density at radius 1 is 1.04 bits per heavy atom. The van der Waals surface area contributed by atoms with Gasteiger partial charge in [-0.25, -0.2) is 0 Å². The van der Waals surface area contributed by atoms with Gasteiger partial charge in [-0.15, -0.1) is 0 Å². The molecule has 2 aromatic rings. The van der Waals surface area contributed by atoms with Crippen molar-refractivity contribution in [2.75, 3.05) is 11.9 Å². The van der Waals surface area contributed by atoms with Crippen molar-refractivity contribution in [2.24, 2.45) is 0 Å². The molecule has 0 fully saturated rings. The van der Waals surface area contributed by atoms with E-state index in [4.69, 9.17) is 9.47 Å². The zero-order chi connectivity index (χ0) is 16.7. The summed E-state index contributed by atoms with van der Waals surface area (Å²) in [5.41, 5.74) is 1.87. The molecule has 122 valence electrons. The zero-order valence-electron chi connectivity index (χ0n) is 13.8. The van der Waals surface area contributed by atoms with Gasteiger partial charge in [-0.2, -0.15) is 0 Å². The van der Waals surface area contributed by atoms with Crippen LogP contribution < -0.4 is 14.8 Å². The maximum absolute atomic E-state index is 12.2. The maximum atomic E-state index is 12.2. The molecule has 4 nitrogen and oxygen atoms in total.